The van der Waals surface area contributed by atoms with Gasteiger partial charge in [0.15, 0.2) is 0 Å². The van der Waals surface area contributed by atoms with Gasteiger partial charge in [-0.25, -0.2) is 8.42 Å². The summed E-state index contributed by atoms with van der Waals surface area (Å²) in [5, 5.41) is 3.26. The van der Waals surface area contributed by atoms with Gasteiger partial charge in [0.05, 0.1) is 10.8 Å². The van der Waals surface area contributed by atoms with E-state index in [2.05, 4.69) is 5.32 Å². The van der Waals surface area contributed by atoms with Gasteiger partial charge in [-0.2, -0.15) is 4.31 Å². The lowest BCUT2D eigenvalue weighted by Gasteiger charge is -2.36. The number of benzene rings is 1. The number of carbonyl (C=O) groups excluding carboxylic acids is 1. The zero-order valence-electron chi connectivity index (χ0n) is 13.6. The fourth-order valence-electron chi connectivity index (χ4n) is 3.21. The minimum Gasteiger partial charge on any atom is -0.340 e. The molecule has 2 fully saturated rings. The van der Waals surface area contributed by atoms with Crippen molar-refractivity contribution in [1.29, 1.82) is 0 Å². The number of piperidine rings is 1. The number of nitrogens with zero attached hydrogens (tertiary/aromatic N) is 2. The first-order valence-corrected chi connectivity index (χ1v) is 9.58. The van der Waals surface area contributed by atoms with E-state index in [1.807, 2.05) is 4.90 Å². The largest absolute Gasteiger partial charge is 0.340 e. The highest BCUT2D eigenvalue weighted by Gasteiger charge is 2.32. The van der Waals surface area contributed by atoms with Crippen LogP contribution in [0.25, 0.3) is 0 Å². The highest BCUT2D eigenvalue weighted by atomic mass is 35.5. The Labute approximate surface area is 149 Å². The normalized spacial score (nSPS) is 22.7. The Morgan fingerprint density at radius 3 is 2.33 bits per heavy atom. The maximum atomic E-state index is 12.6. The van der Waals surface area contributed by atoms with Crippen LogP contribution in [0.2, 0.25) is 0 Å². The molecular weight excluding hydrogens is 350 g/mol. The summed E-state index contributed by atoms with van der Waals surface area (Å²) in [6, 6.07) is 8.47. The molecule has 1 aromatic rings. The molecule has 1 unspecified atom stereocenters. The van der Waals surface area contributed by atoms with Gasteiger partial charge in [0, 0.05) is 32.7 Å². The van der Waals surface area contributed by atoms with Crippen LogP contribution >= 0.6 is 12.4 Å². The van der Waals surface area contributed by atoms with Crippen LogP contribution in [-0.2, 0) is 14.8 Å². The average molecular weight is 374 g/mol. The molecule has 0 saturated carbocycles. The van der Waals surface area contributed by atoms with Gasteiger partial charge in [-0.05, 0) is 31.5 Å². The van der Waals surface area contributed by atoms with Gasteiger partial charge in [0.2, 0.25) is 15.9 Å². The molecule has 2 aliphatic rings. The number of hydrogen-bond donors (Lipinski definition) is 1. The second-order valence-electron chi connectivity index (χ2n) is 6.09. The predicted molar refractivity (Wildman–Crippen MR) is 94.6 cm³/mol. The first kappa shape index (κ1) is 19.2. The van der Waals surface area contributed by atoms with Gasteiger partial charge in [-0.1, -0.05) is 18.2 Å². The zero-order valence-corrected chi connectivity index (χ0v) is 15.2. The van der Waals surface area contributed by atoms with E-state index in [0.29, 0.717) is 31.1 Å². The molecule has 134 valence electrons. The maximum Gasteiger partial charge on any atom is 0.243 e. The fraction of sp³-hybridized carbons (Fsp3) is 0.562. The Hall–Kier alpha value is -1.15. The molecule has 3 rings (SSSR count). The second-order valence-corrected chi connectivity index (χ2v) is 8.02. The first-order valence-electron chi connectivity index (χ1n) is 8.14. The molecule has 1 N–H and O–H groups in total. The zero-order chi connectivity index (χ0) is 16.3. The summed E-state index contributed by atoms with van der Waals surface area (Å²) in [7, 11) is -3.45. The monoisotopic (exact) mass is 373 g/mol. The molecule has 2 heterocycles. The van der Waals surface area contributed by atoms with Crippen molar-refractivity contribution in [1.82, 2.24) is 14.5 Å². The van der Waals surface area contributed by atoms with Crippen molar-refractivity contribution in [2.24, 2.45) is 5.92 Å². The van der Waals surface area contributed by atoms with Crippen LogP contribution in [0.4, 0.5) is 0 Å². The van der Waals surface area contributed by atoms with Gasteiger partial charge < -0.3 is 10.2 Å². The van der Waals surface area contributed by atoms with Crippen LogP contribution in [-0.4, -0.2) is 62.8 Å². The third-order valence-corrected chi connectivity index (χ3v) is 6.49. The summed E-state index contributed by atoms with van der Waals surface area (Å²) in [4.78, 5) is 14.6. The number of hydrogen-bond acceptors (Lipinski definition) is 4. The number of halogens is 1. The number of piperazine rings is 1. The number of sulfonamides is 1. The first-order chi connectivity index (χ1) is 11.1. The quantitative estimate of drug-likeness (QED) is 0.856. The Bertz CT molecular complexity index is 640. The summed E-state index contributed by atoms with van der Waals surface area (Å²) in [6.45, 7) is 3.39. The summed E-state index contributed by atoms with van der Waals surface area (Å²) >= 11 is 0. The van der Waals surface area contributed by atoms with Gasteiger partial charge in [-0.3, -0.25) is 4.79 Å². The Morgan fingerprint density at radius 2 is 1.75 bits per heavy atom. The van der Waals surface area contributed by atoms with Crippen LogP contribution in [0.15, 0.2) is 35.2 Å². The number of amides is 1. The molecule has 0 aromatic heterocycles. The SMILES string of the molecule is Cl.O=C(C1CCCNC1)N1CCN(S(=O)(=O)c2ccccc2)CC1. The molecule has 0 bridgehead atoms. The highest BCUT2D eigenvalue weighted by molar-refractivity contribution is 7.89. The molecule has 1 atom stereocenters. The Balaban J connectivity index is 0.00000208. The second kappa shape index (κ2) is 8.29. The Kier molecular flexibility index (Phi) is 6.62. The summed E-state index contributed by atoms with van der Waals surface area (Å²) in [5.41, 5.74) is 0. The molecule has 8 heteroatoms. The highest BCUT2D eigenvalue weighted by Crippen LogP contribution is 2.19. The lowest BCUT2D eigenvalue weighted by Crippen LogP contribution is -2.53. The van der Waals surface area contributed by atoms with E-state index in [4.69, 9.17) is 0 Å². The van der Waals surface area contributed by atoms with E-state index in [1.54, 1.807) is 30.3 Å². The molecular formula is C16H24ClN3O3S. The van der Waals surface area contributed by atoms with Crippen LogP contribution in [0.3, 0.4) is 0 Å². The lowest BCUT2D eigenvalue weighted by atomic mass is 9.98. The van der Waals surface area contributed by atoms with E-state index in [0.717, 1.165) is 25.9 Å². The smallest absolute Gasteiger partial charge is 0.243 e. The van der Waals surface area contributed by atoms with Crippen LogP contribution in [0, 0.1) is 5.92 Å². The minimum atomic E-state index is -3.45. The molecule has 0 spiro atoms. The predicted octanol–water partition coefficient (Wildman–Crippen LogP) is 0.941. The van der Waals surface area contributed by atoms with Crippen LogP contribution in [0.1, 0.15) is 12.8 Å². The molecule has 1 amide bonds. The number of rotatable bonds is 3. The minimum absolute atomic E-state index is 0. The van der Waals surface area contributed by atoms with Gasteiger partial charge in [0.25, 0.3) is 0 Å². The molecule has 0 radical (unpaired) electrons. The van der Waals surface area contributed by atoms with Crippen molar-refractivity contribution >= 4 is 28.3 Å². The summed E-state index contributed by atoms with van der Waals surface area (Å²) < 4.78 is 26.6. The topological polar surface area (TPSA) is 69.7 Å². The third kappa shape index (κ3) is 4.08. The summed E-state index contributed by atoms with van der Waals surface area (Å²) in [5.74, 6) is 0.204. The van der Waals surface area contributed by atoms with Crippen molar-refractivity contribution in [3.8, 4) is 0 Å². The molecule has 0 aliphatic carbocycles. The van der Waals surface area contributed by atoms with E-state index < -0.39 is 10.0 Å². The van der Waals surface area contributed by atoms with Gasteiger partial charge in [-0.15, -0.1) is 12.4 Å². The third-order valence-electron chi connectivity index (χ3n) is 4.58. The molecule has 2 aliphatic heterocycles. The Morgan fingerprint density at radius 1 is 1.08 bits per heavy atom. The fourth-order valence-corrected chi connectivity index (χ4v) is 4.65. The van der Waals surface area contributed by atoms with E-state index >= 15 is 0 Å². The van der Waals surface area contributed by atoms with E-state index in [9.17, 15) is 13.2 Å². The molecule has 24 heavy (non-hydrogen) atoms. The van der Waals surface area contributed by atoms with Gasteiger partial charge in [0.1, 0.15) is 0 Å². The maximum absolute atomic E-state index is 12.6. The number of nitrogens with one attached hydrogen (secondary N) is 1. The van der Waals surface area contributed by atoms with E-state index in [-0.39, 0.29) is 24.2 Å². The van der Waals surface area contributed by atoms with Crippen molar-refractivity contribution in [3.63, 3.8) is 0 Å². The van der Waals surface area contributed by atoms with Crippen molar-refractivity contribution in [3.05, 3.63) is 30.3 Å². The van der Waals surface area contributed by atoms with Crippen molar-refractivity contribution in [2.75, 3.05) is 39.3 Å². The number of carbonyl (C=O) groups is 1. The molecule has 2 saturated heterocycles. The standard InChI is InChI=1S/C16H23N3O3S.ClH/c20-16(14-5-4-8-17-13-14)18-9-11-19(12-10-18)23(21,22)15-6-2-1-3-7-15;/h1-3,6-7,14,17H,4-5,8-13H2;1H. The lowest BCUT2D eigenvalue weighted by molar-refractivity contribution is -0.137. The van der Waals surface area contributed by atoms with E-state index in [1.165, 1.54) is 4.31 Å². The molecule has 6 nitrogen and oxygen atoms in total. The molecule has 1 aromatic carbocycles. The van der Waals surface area contributed by atoms with Crippen LogP contribution < -0.4 is 5.32 Å². The average Bonchev–Trinajstić information content (AvgIpc) is 2.63. The van der Waals surface area contributed by atoms with Crippen LogP contribution in [0.5, 0.6) is 0 Å². The van der Waals surface area contributed by atoms with Crippen molar-refractivity contribution < 1.29 is 13.2 Å². The van der Waals surface area contributed by atoms with Crippen molar-refractivity contribution in [2.45, 2.75) is 17.7 Å². The summed E-state index contributed by atoms with van der Waals surface area (Å²) in [6.07, 6.45) is 1.95. The van der Waals surface area contributed by atoms with Gasteiger partial charge >= 0.3 is 0 Å².